The van der Waals surface area contributed by atoms with Crippen LogP contribution in [0.3, 0.4) is 0 Å². The number of carbonyl (C=O) groups excluding carboxylic acids is 1. The molecule has 1 N–H and O–H groups in total. The van der Waals surface area contributed by atoms with Crippen LogP contribution in [0.5, 0.6) is 0 Å². The van der Waals surface area contributed by atoms with Gasteiger partial charge in [0.15, 0.2) is 5.60 Å². The first-order valence-corrected chi connectivity index (χ1v) is 8.39. The van der Waals surface area contributed by atoms with Crippen molar-refractivity contribution in [2.45, 2.75) is 25.1 Å². The molecule has 6 nitrogen and oxygen atoms in total. The minimum Gasteiger partial charge on any atom is -0.392 e. The summed E-state index contributed by atoms with van der Waals surface area (Å²) in [5, 5.41) is 13.7. The van der Waals surface area contributed by atoms with Crippen LogP contribution in [-0.2, 0) is 9.63 Å². The molecule has 0 spiro atoms. The second-order valence-electron chi connectivity index (χ2n) is 6.71. The van der Waals surface area contributed by atoms with E-state index in [2.05, 4.69) is 5.16 Å². The number of aliphatic hydroxyl groups is 1. The smallest absolute Gasteiger partial charge is 0.392 e. The van der Waals surface area contributed by atoms with Crippen LogP contribution in [0.1, 0.15) is 18.9 Å². The molecular weight excluding hydrogens is 387 g/mol. The van der Waals surface area contributed by atoms with Gasteiger partial charge in [0.05, 0.1) is 19.0 Å². The van der Waals surface area contributed by atoms with Crippen LogP contribution in [0.15, 0.2) is 35.1 Å². The molecular formula is C17H17ClF3N3O3. The fourth-order valence-corrected chi connectivity index (χ4v) is 3.11. The van der Waals surface area contributed by atoms with Gasteiger partial charge in [0.1, 0.15) is 5.70 Å². The van der Waals surface area contributed by atoms with Crippen molar-refractivity contribution in [3.05, 3.63) is 40.6 Å². The Morgan fingerprint density at radius 1 is 1.41 bits per heavy atom. The van der Waals surface area contributed by atoms with Gasteiger partial charge in [-0.25, -0.2) is 0 Å². The zero-order valence-electron chi connectivity index (χ0n) is 14.5. The van der Waals surface area contributed by atoms with Gasteiger partial charge in [-0.15, -0.1) is 0 Å². The van der Waals surface area contributed by atoms with Gasteiger partial charge in [-0.2, -0.15) is 13.2 Å². The predicted octanol–water partition coefficient (Wildman–Crippen LogP) is 2.90. The van der Waals surface area contributed by atoms with Gasteiger partial charge in [-0.05, 0) is 25.1 Å². The average Bonchev–Trinajstić information content (AvgIpc) is 2.99. The third-order valence-corrected chi connectivity index (χ3v) is 4.74. The standard InChI is InChI=1S/C17H17ClF3N3O3/c1-16(8-25)7-13(22-27-16)11-5-10(3-4-12(11)18)24-9-23(2)14(6-15(24)26)17(19,20)21/h3-6,25H,7-9H2,1-2H3. The number of hydrogen-bond acceptors (Lipinski definition) is 5. The van der Waals surface area contributed by atoms with Crippen molar-refractivity contribution in [1.29, 1.82) is 0 Å². The number of nitrogens with zero attached hydrogens (tertiary/aromatic N) is 3. The van der Waals surface area contributed by atoms with Crippen LogP contribution in [0.2, 0.25) is 5.02 Å². The number of rotatable bonds is 3. The first kappa shape index (κ1) is 19.5. The minimum absolute atomic E-state index is 0.238. The number of oxime groups is 1. The molecule has 0 bridgehead atoms. The summed E-state index contributed by atoms with van der Waals surface area (Å²) in [5.41, 5.74) is -0.496. The van der Waals surface area contributed by atoms with Gasteiger partial charge in [0.2, 0.25) is 0 Å². The molecule has 2 aliphatic heterocycles. The van der Waals surface area contributed by atoms with Gasteiger partial charge in [-0.3, -0.25) is 9.69 Å². The summed E-state index contributed by atoms with van der Waals surface area (Å²) in [5.74, 6) is -0.779. The number of carbonyl (C=O) groups is 1. The number of alkyl halides is 3. The molecule has 1 aromatic rings. The third kappa shape index (κ3) is 3.74. The summed E-state index contributed by atoms with van der Waals surface area (Å²) in [7, 11) is 1.26. The molecule has 2 heterocycles. The Morgan fingerprint density at radius 3 is 2.70 bits per heavy atom. The topological polar surface area (TPSA) is 65.4 Å². The van der Waals surface area contributed by atoms with Crippen LogP contribution in [0.4, 0.5) is 18.9 Å². The van der Waals surface area contributed by atoms with E-state index < -0.39 is 23.4 Å². The molecule has 0 fully saturated rings. The molecule has 1 unspecified atom stereocenters. The van der Waals surface area contributed by atoms with E-state index >= 15 is 0 Å². The second kappa shape index (κ2) is 6.72. The third-order valence-electron chi connectivity index (χ3n) is 4.41. The van der Waals surface area contributed by atoms with E-state index in [1.807, 2.05) is 0 Å². The summed E-state index contributed by atoms with van der Waals surface area (Å²) in [4.78, 5) is 19.7. The Morgan fingerprint density at radius 2 is 2.11 bits per heavy atom. The molecule has 1 atom stereocenters. The van der Waals surface area contributed by atoms with Crippen LogP contribution in [0, 0.1) is 0 Å². The lowest BCUT2D eigenvalue weighted by atomic mass is 9.96. The molecule has 146 valence electrons. The Labute approximate surface area is 158 Å². The van der Waals surface area contributed by atoms with Crippen molar-refractivity contribution in [3.63, 3.8) is 0 Å². The van der Waals surface area contributed by atoms with Crippen molar-refractivity contribution >= 4 is 28.9 Å². The maximum atomic E-state index is 13.0. The average molecular weight is 404 g/mol. The number of anilines is 1. The number of allylic oxidation sites excluding steroid dienone is 1. The highest BCUT2D eigenvalue weighted by Crippen LogP contribution is 2.34. The first-order valence-electron chi connectivity index (χ1n) is 8.01. The molecule has 0 aromatic heterocycles. The number of amides is 1. The Bertz CT molecular complexity index is 840. The quantitative estimate of drug-likeness (QED) is 0.842. The molecule has 0 saturated heterocycles. The zero-order valence-corrected chi connectivity index (χ0v) is 15.3. The highest BCUT2D eigenvalue weighted by atomic mass is 35.5. The van der Waals surface area contributed by atoms with Crippen molar-refractivity contribution in [1.82, 2.24) is 4.90 Å². The monoisotopic (exact) mass is 403 g/mol. The normalized spacial score (nSPS) is 23.3. The number of halogens is 4. The first-order chi connectivity index (χ1) is 12.5. The maximum Gasteiger partial charge on any atom is 0.431 e. The largest absolute Gasteiger partial charge is 0.431 e. The van der Waals surface area contributed by atoms with Crippen LogP contribution in [-0.4, -0.2) is 53.7 Å². The zero-order chi connectivity index (χ0) is 20.0. The predicted molar refractivity (Wildman–Crippen MR) is 93.4 cm³/mol. The summed E-state index contributed by atoms with van der Waals surface area (Å²) in [6.45, 7) is 1.19. The lowest BCUT2D eigenvalue weighted by Gasteiger charge is -2.35. The van der Waals surface area contributed by atoms with Crippen LogP contribution < -0.4 is 4.90 Å². The summed E-state index contributed by atoms with van der Waals surface area (Å²) >= 11 is 6.23. The lowest BCUT2D eigenvalue weighted by molar-refractivity contribution is -0.123. The Hall–Kier alpha value is -2.26. The van der Waals surface area contributed by atoms with Crippen LogP contribution >= 0.6 is 11.6 Å². The van der Waals surface area contributed by atoms with Gasteiger partial charge >= 0.3 is 6.18 Å². The SMILES string of the molecule is CN1CN(c2ccc(Cl)c(C3=NOC(C)(CO)C3)c2)C(=O)C=C1C(F)(F)F. The molecule has 0 saturated carbocycles. The molecule has 1 amide bonds. The summed E-state index contributed by atoms with van der Waals surface area (Å²) in [6.07, 6.45) is -3.73. The summed E-state index contributed by atoms with van der Waals surface area (Å²) < 4.78 is 38.9. The summed E-state index contributed by atoms with van der Waals surface area (Å²) in [6, 6.07) is 4.66. The Balaban J connectivity index is 1.92. The van der Waals surface area contributed by atoms with Gasteiger partial charge in [0.25, 0.3) is 5.91 Å². The second-order valence-corrected chi connectivity index (χ2v) is 7.12. The van der Waals surface area contributed by atoms with Crippen molar-refractivity contribution < 1.29 is 27.9 Å². The molecule has 0 radical (unpaired) electrons. The van der Waals surface area contributed by atoms with Crippen LogP contribution in [0.25, 0.3) is 0 Å². The Kier molecular flexibility index (Phi) is 4.85. The molecule has 2 aliphatic rings. The van der Waals surface area contributed by atoms with E-state index in [9.17, 15) is 23.1 Å². The maximum absolute atomic E-state index is 13.0. The van der Waals surface area contributed by atoms with Gasteiger partial charge in [0, 0.05) is 35.8 Å². The van der Waals surface area contributed by atoms with E-state index in [0.717, 1.165) is 4.90 Å². The van der Waals surface area contributed by atoms with Crippen molar-refractivity contribution in [2.75, 3.05) is 25.2 Å². The highest BCUT2D eigenvalue weighted by Gasteiger charge is 2.41. The molecule has 0 aliphatic carbocycles. The van der Waals surface area contributed by atoms with Crippen molar-refractivity contribution in [2.24, 2.45) is 5.16 Å². The molecule has 3 rings (SSSR count). The fraction of sp³-hybridized carbons (Fsp3) is 0.412. The van der Waals surface area contributed by atoms with Gasteiger partial charge in [-0.1, -0.05) is 16.8 Å². The number of hydrogen-bond donors (Lipinski definition) is 1. The molecule has 27 heavy (non-hydrogen) atoms. The van der Waals surface area contributed by atoms with Crippen molar-refractivity contribution in [3.8, 4) is 0 Å². The van der Waals surface area contributed by atoms with Gasteiger partial charge < -0.3 is 14.8 Å². The van der Waals surface area contributed by atoms with E-state index in [4.69, 9.17) is 16.4 Å². The lowest BCUT2D eigenvalue weighted by Crippen LogP contribution is -2.46. The number of aliphatic hydroxyl groups excluding tert-OH is 1. The molecule has 1 aromatic carbocycles. The molecule has 10 heteroatoms. The number of benzene rings is 1. The van der Waals surface area contributed by atoms with E-state index in [1.54, 1.807) is 25.1 Å². The van der Waals surface area contributed by atoms with E-state index in [0.29, 0.717) is 34.5 Å². The van der Waals surface area contributed by atoms with E-state index in [1.165, 1.54) is 11.9 Å². The minimum atomic E-state index is -4.60. The fourth-order valence-electron chi connectivity index (χ4n) is 2.89. The highest BCUT2D eigenvalue weighted by molar-refractivity contribution is 6.34. The van der Waals surface area contributed by atoms with E-state index in [-0.39, 0.29) is 13.3 Å².